The molecule has 1 aliphatic heterocycles. The van der Waals surface area contributed by atoms with E-state index in [1.54, 1.807) is 19.1 Å². The molecule has 1 aliphatic rings. The van der Waals surface area contributed by atoms with Crippen LogP contribution < -0.4 is 5.32 Å². The summed E-state index contributed by atoms with van der Waals surface area (Å²) in [5.41, 5.74) is 0.694. The topological polar surface area (TPSA) is 66.5 Å². The average molecular weight is 294 g/mol. The maximum absolute atomic E-state index is 12.1. The number of rotatable bonds is 3. The van der Waals surface area contributed by atoms with Crippen molar-refractivity contribution < 1.29 is 13.8 Å². The molecule has 0 spiro atoms. The molecule has 0 radical (unpaired) electrons. The minimum atomic E-state index is -1.21. The molecule has 1 saturated heterocycles. The van der Waals surface area contributed by atoms with Crippen LogP contribution in [0.25, 0.3) is 0 Å². The fourth-order valence-corrected chi connectivity index (χ4v) is 3.99. The Balaban J connectivity index is 2.09. The summed E-state index contributed by atoms with van der Waals surface area (Å²) in [6.07, 6.45) is 0.0358. The SMILES string of the molecule is CC(=O)N1CC[S@](=O)[C@@]1(C)CC(=O)Nc1ccccc1. The van der Waals surface area contributed by atoms with Gasteiger partial charge in [-0.15, -0.1) is 0 Å². The first-order chi connectivity index (χ1) is 9.43. The van der Waals surface area contributed by atoms with E-state index in [-0.39, 0.29) is 18.2 Å². The first-order valence-electron chi connectivity index (χ1n) is 6.45. The van der Waals surface area contributed by atoms with E-state index in [2.05, 4.69) is 5.32 Å². The molecule has 0 saturated carbocycles. The largest absolute Gasteiger partial charge is 0.326 e. The summed E-state index contributed by atoms with van der Waals surface area (Å²) in [4.78, 5) is 24.3. The number of carbonyl (C=O) groups is 2. The van der Waals surface area contributed by atoms with Crippen LogP contribution >= 0.6 is 0 Å². The van der Waals surface area contributed by atoms with Gasteiger partial charge in [0, 0.05) is 35.7 Å². The number of hydrogen-bond donors (Lipinski definition) is 1. The quantitative estimate of drug-likeness (QED) is 0.915. The molecule has 0 aliphatic carbocycles. The van der Waals surface area contributed by atoms with Gasteiger partial charge in [-0.2, -0.15) is 0 Å². The standard InChI is InChI=1S/C14H18N2O3S/c1-11(17)16-8-9-20(19)14(16,2)10-13(18)15-12-6-4-3-5-7-12/h3-7H,8-10H2,1-2H3,(H,15,18)/t14-,20-/m0/s1. The molecular formula is C14H18N2O3S. The van der Waals surface area contributed by atoms with Crippen molar-refractivity contribution in [3.8, 4) is 0 Å². The lowest BCUT2D eigenvalue weighted by molar-refractivity contribution is -0.131. The van der Waals surface area contributed by atoms with Gasteiger partial charge in [0.1, 0.15) is 4.87 Å². The molecule has 2 amide bonds. The lowest BCUT2D eigenvalue weighted by Gasteiger charge is -2.32. The zero-order valence-electron chi connectivity index (χ0n) is 11.6. The van der Waals surface area contributed by atoms with Gasteiger partial charge in [-0.25, -0.2) is 0 Å². The van der Waals surface area contributed by atoms with Crippen molar-refractivity contribution in [2.24, 2.45) is 0 Å². The van der Waals surface area contributed by atoms with Crippen LogP contribution in [0.3, 0.4) is 0 Å². The van der Waals surface area contributed by atoms with Gasteiger partial charge >= 0.3 is 0 Å². The Morgan fingerprint density at radius 1 is 1.35 bits per heavy atom. The fraction of sp³-hybridized carbons (Fsp3) is 0.429. The minimum Gasteiger partial charge on any atom is -0.326 e. The lowest BCUT2D eigenvalue weighted by Crippen LogP contribution is -2.48. The third-order valence-electron chi connectivity index (χ3n) is 3.49. The van der Waals surface area contributed by atoms with Crippen molar-refractivity contribution in [1.29, 1.82) is 0 Å². The molecule has 1 aromatic rings. The van der Waals surface area contributed by atoms with Crippen LogP contribution in [0.2, 0.25) is 0 Å². The summed E-state index contributed by atoms with van der Waals surface area (Å²) in [6.45, 7) is 3.59. The zero-order chi connectivity index (χ0) is 14.8. The van der Waals surface area contributed by atoms with Crippen LogP contribution in [0, 0.1) is 0 Å². The Bertz CT molecular complexity index is 547. The minimum absolute atomic E-state index is 0.0358. The average Bonchev–Trinajstić information content (AvgIpc) is 2.66. The first kappa shape index (κ1) is 14.7. The van der Waals surface area contributed by atoms with Gasteiger partial charge in [0.2, 0.25) is 11.8 Å². The van der Waals surface area contributed by atoms with Crippen LogP contribution in [0.4, 0.5) is 5.69 Å². The molecule has 2 rings (SSSR count). The number of nitrogens with zero attached hydrogens (tertiary/aromatic N) is 1. The molecular weight excluding hydrogens is 276 g/mol. The van der Waals surface area contributed by atoms with E-state index in [1.807, 2.05) is 18.2 Å². The van der Waals surface area contributed by atoms with E-state index >= 15 is 0 Å². The normalized spacial score (nSPS) is 25.5. The Kier molecular flexibility index (Phi) is 4.23. The number of carbonyl (C=O) groups excluding carboxylic acids is 2. The van der Waals surface area contributed by atoms with E-state index in [0.29, 0.717) is 18.0 Å². The molecule has 2 atom stereocenters. The van der Waals surface area contributed by atoms with Gasteiger partial charge in [0.05, 0.1) is 6.42 Å². The molecule has 6 heteroatoms. The summed E-state index contributed by atoms with van der Waals surface area (Å²) in [7, 11) is -1.21. The number of para-hydroxylation sites is 1. The predicted octanol–water partition coefficient (Wildman–Crippen LogP) is 1.34. The second kappa shape index (κ2) is 5.75. The second-order valence-electron chi connectivity index (χ2n) is 4.99. The van der Waals surface area contributed by atoms with Crippen LogP contribution in [-0.2, 0) is 20.4 Å². The van der Waals surface area contributed by atoms with Gasteiger partial charge in [-0.3, -0.25) is 13.8 Å². The second-order valence-corrected chi connectivity index (χ2v) is 6.97. The number of anilines is 1. The summed E-state index contributed by atoms with van der Waals surface area (Å²) in [5.74, 6) is 0.0420. The molecule has 108 valence electrons. The van der Waals surface area contributed by atoms with Crippen molar-refractivity contribution in [2.45, 2.75) is 25.1 Å². The smallest absolute Gasteiger partial charge is 0.227 e. The van der Waals surface area contributed by atoms with Crippen LogP contribution in [-0.4, -0.2) is 38.1 Å². The van der Waals surface area contributed by atoms with Gasteiger partial charge in [0.25, 0.3) is 0 Å². The first-order valence-corrected chi connectivity index (χ1v) is 7.77. The molecule has 0 bridgehead atoms. The maximum Gasteiger partial charge on any atom is 0.227 e. The predicted molar refractivity (Wildman–Crippen MR) is 78.5 cm³/mol. The Hall–Kier alpha value is -1.69. The third kappa shape index (κ3) is 2.90. The van der Waals surface area contributed by atoms with Crippen molar-refractivity contribution in [3.05, 3.63) is 30.3 Å². The summed E-state index contributed by atoms with van der Waals surface area (Å²) >= 11 is 0. The molecule has 5 nitrogen and oxygen atoms in total. The molecule has 1 heterocycles. The molecule has 20 heavy (non-hydrogen) atoms. The highest BCUT2D eigenvalue weighted by Gasteiger charge is 2.46. The Morgan fingerprint density at radius 2 is 2.00 bits per heavy atom. The van der Waals surface area contributed by atoms with Gasteiger partial charge in [0.15, 0.2) is 0 Å². The molecule has 1 N–H and O–H groups in total. The number of amides is 2. The summed E-state index contributed by atoms with van der Waals surface area (Å²) < 4.78 is 12.1. The van der Waals surface area contributed by atoms with Crippen molar-refractivity contribution >= 4 is 28.3 Å². The Labute approximate surface area is 120 Å². The highest BCUT2D eigenvalue weighted by molar-refractivity contribution is 7.86. The zero-order valence-corrected chi connectivity index (χ0v) is 12.4. The van der Waals surface area contributed by atoms with Gasteiger partial charge in [-0.05, 0) is 19.1 Å². The van der Waals surface area contributed by atoms with Crippen molar-refractivity contribution in [3.63, 3.8) is 0 Å². The highest BCUT2D eigenvalue weighted by atomic mass is 32.2. The van der Waals surface area contributed by atoms with E-state index in [4.69, 9.17) is 0 Å². The Morgan fingerprint density at radius 3 is 2.60 bits per heavy atom. The maximum atomic E-state index is 12.1. The van der Waals surface area contributed by atoms with Crippen molar-refractivity contribution in [1.82, 2.24) is 4.90 Å². The van der Waals surface area contributed by atoms with E-state index < -0.39 is 15.7 Å². The fourth-order valence-electron chi connectivity index (χ4n) is 2.44. The van der Waals surface area contributed by atoms with E-state index in [0.717, 1.165) is 0 Å². The highest BCUT2D eigenvalue weighted by Crippen LogP contribution is 2.30. The van der Waals surface area contributed by atoms with E-state index in [1.165, 1.54) is 11.8 Å². The molecule has 1 aromatic carbocycles. The number of nitrogens with one attached hydrogen (secondary N) is 1. The van der Waals surface area contributed by atoms with Gasteiger partial charge in [-0.1, -0.05) is 18.2 Å². The summed E-state index contributed by atoms with van der Waals surface area (Å²) in [6, 6.07) is 9.09. The number of benzene rings is 1. The monoisotopic (exact) mass is 294 g/mol. The van der Waals surface area contributed by atoms with Crippen LogP contribution in [0.15, 0.2) is 30.3 Å². The van der Waals surface area contributed by atoms with Crippen molar-refractivity contribution in [2.75, 3.05) is 17.6 Å². The van der Waals surface area contributed by atoms with Crippen LogP contribution in [0.1, 0.15) is 20.3 Å². The molecule has 0 aromatic heterocycles. The van der Waals surface area contributed by atoms with E-state index in [9.17, 15) is 13.8 Å². The van der Waals surface area contributed by atoms with Gasteiger partial charge < -0.3 is 10.2 Å². The van der Waals surface area contributed by atoms with Crippen LogP contribution in [0.5, 0.6) is 0 Å². The summed E-state index contributed by atoms with van der Waals surface area (Å²) in [5, 5.41) is 2.76. The molecule has 1 fully saturated rings. The molecule has 0 unspecified atom stereocenters. The lowest BCUT2D eigenvalue weighted by atomic mass is 10.1. The number of hydrogen-bond acceptors (Lipinski definition) is 3. The third-order valence-corrected chi connectivity index (χ3v) is 5.39.